The zero-order valence-corrected chi connectivity index (χ0v) is 19.6. The summed E-state index contributed by atoms with van der Waals surface area (Å²) in [6, 6.07) is 19.3. The van der Waals surface area contributed by atoms with Gasteiger partial charge in [-0.15, -0.1) is 10.2 Å². The number of benzene rings is 2. The molecule has 1 N–H and O–H groups in total. The molecule has 0 aliphatic rings. The summed E-state index contributed by atoms with van der Waals surface area (Å²) in [4.78, 5) is 12.6. The maximum Gasteiger partial charge on any atom is 0.234 e. The van der Waals surface area contributed by atoms with Crippen molar-refractivity contribution in [2.75, 3.05) is 18.2 Å². The Morgan fingerprint density at radius 3 is 2.64 bits per heavy atom. The number of furan rings is 1. The topological polar surface area (TPSA) is 82.2 Å². The summed E-state index contributed by atoms with van der Waals surface area (Å²) < 4.78 is 12.8. The second-order valence-corrected chi connectivity index (χ2v) is 8.76. The molecule has 0 fully saturated rings. The Labute approximate surface area is 197 Å². The second-order valence-electron chi connectivity index (χ2n) is 7.82. The third-order valence-corrected chi connectivity index (χ3v) is 6.10. The highest BCUT2D eigenvalue weighted by atomic mass is 32.2. The van der Waals surface area contributed by atoms with Gasteiger partial charge in [0.1, 0.15) is 11.5 Å². The number of hydrogen-bond donors (Lipinski definition) is 1. The lowest BCUT2D eigenvalue weighted by Crippen LogP contribution is -2.15. The Morgan fingerprint density at radius 1 is 1.12 bits per heavy atom. The van der Waals surface area contributed by atoms with Crippen LogP contribution in [0.1, 0.15) is 31.1 Å². The standard InChI is InChI=1S/C25H26N4O3S/c1-17(2)18-9-11-20(12-10-18)26-23(30)16-33-25-28-27-24(19-6-4-7-21(14-19)31-3)29(25)15-22-8-5-13-32-22/h4-14,17H,15-16H2,1-3H3,(H,26,30). The highest BCUT2D eigenvalue weighted by Crippen LogP contribution is 2.28. The van der Waals surface area contributed by atoms with Crippen molar-refractivity contribution in [3.8, 4) is 17.1 Å². The number of rotatable bonds is 9. The largest absolute Gasteiger partial charge is 0.497 e. The first-order valence-electron chi connectivity index (χ1n) is 10.7. The van der Waals surface area contributed by atoms with Gasteiger partial charge in [-0.1, -0.05) is 49.9 Å². The Bertz CT molecular complexity index is 1200. The van der Waals surface area contributed by atoms with E-state index in [4.69, 9.17) is 9.15 Å². The average molecular weight is 463 g/mol. The predicted octanol–water partition coefficient (Wildman–Crippen LogP) is 5.45. The van der Waals surface area contributed by atoms with E-state index in [-0.39, 0.29) is 11.7 Å². The van der Waals surface area contributed by atoms with E-state index in [9.17, 15) is 4.79 Å². The van der Waals surface area contributed by atoms with Crippen molar-refractivity contribution in [1.82, 2.24) is 14.8 Å². The van der Waals surface area contributed by atoms with E-state index in [1.54, 1.807) is 13.4 Å². The lowest BCUT2D eigenvalue weighted by Gasteiger charge is -2.10. The molecule has 0 atom stereocenters. The molecule has 0 spiro atoms. The molecular formula is C25H26N4O3S. The Balaban J connectivity index is 1.50. The lowest BCUT2D eigenvalue weighted by atomic mass is 10.0. The fourth-order valence-electron chi connectivity index (χ4n) is 3.35. The normalized spacial score (nSPS) is 11.0. The number of carbonyl (C=O) groups excluding carboxylic acids is 1. The number of thioether (sulfide) groups is 1. The van der Waals surface area contributed by atoms with E-state index in [0.717, 1.165) is 22.8 Å². The Kier molecular flexibility index (Phi) is 7.14. The van der Waals surface area contributed by atoms with Gasteiger partial charge in [-0.2, -0.15) is 0 Å². The van der Waals surface area contributed by atoms with E-state index in [2.05, 4.69) is 29.4 Å². The minimum absolute atomic E-state index is 0.104. The number of ether oxygens (including phenoxy) is 1. The van der Waals surface area contributed by atoms with Crippen LogP contribution in [0.4, 0.5) is 5.69 Å². The molecule has 7 nitrogen and oxygen atoms in total. The van der Waals surface area contributed by atoms with Crippen molar-refractivity contribution in [2.24, 2.45) is 0 Å². The van der Waals surface area contributed by atoms with Gasteiger partial charge in [-0.05, 0) is 47.9 Å². The van der Waals surface area contributed by atoms with Crippen LogP contribution >= 0.6 is 11.8 Å². The van der Waals surface area contributed by atoms with Crippen LogP contribution < -0.4 is 10.1 Å². The first kappa shape index (κ1) is 22.7. The lowest BCUT2D eigenvalue weighted by molar-refractivity contribution is -0.113. The van der Waals surface area contributed by atoms with Gasteiger partial charge in [0.15, 0.2) is 11.0 Å². The maximum absolute atomic E-state index is 12.6. The van der Waals surface area contributed by atoms with Crippen LogP contribution in [-0.4, -0.2) is 33.5 Å². The maximum atomic E-state index is 12.6. The zero-order chi connectivity index (χ0) is 23.2. The molecule has 2 aromatic heterocycles. The molecule has 0 aliphatic carbocycles. The molecule has 170 valence electrons. The number of nitrogens with one attached hydrogen (secondary N) is 1. The first-order chi connectivity index (χ1) is 16.0. The quantitative estimate of drug-likeness (QED) is 0.333. The molecule has 33 heavy (non-hydrogen) atoms. The molecule has 0 aliphatic heterocycles. The minimum atomic E-state index is -0.104. The van der Waals surface area contributed by atoms with E-state index < -0.39 is 0 Å². The van der Waals surface area contributed by atoms with Gasteiger partial charge < -0.3 is 14.5 Å². The number of carbonyl (C=O) groups is 1. The smallest absolute Gasteiger partial charge is 0.234 e. The summed E-state index contributed by atoms with van der Waals surface area (Å²) >= 11 is 1.33. The van der Waals surface area contributed by atoms with Crippen LogP contribution in [0.25, 0.3) is 11.4 Å². The number of hydrogen-bond acceptors (Lipinski definition) is 6. The van der Waals surface area contributed by atoms with Crippen molar-refractivity contribution in [3.05, 3.63) is 78.3 Å². The molecule has 0 saturated carbocycles. The van der Waals surface area contributed by atoms with Crippen LogP contribution in [0.15, 0.2) is 76.5 Å². The molecule has 2 aromatic carbocycles. The minimum Gasteiger partial charge on any atom is -0.497 e. The van der Waals surface area contributed by atoms with Crippen LogP contribution in [0.5, 0.6) is 5.75 Å². The number of nitrogens with zero attached hydrogens (tertiary/aromatic N) is 3. The van der Waals surface area contributed by atoms with Gasteiger partial charge in [0.05, 0.1) is 25.7 Å². The molecule has 0 saturated heterocycles. The van der Waals surface area contributed by atoms with Crippen molar-refractivity contribution in [3.63, 3.8) is 0 Å². The fraction of sp³-hybridized carbons (Fsp3) is 0.240. The van der Waals surface area contributed by atoms with E-state index in [1.165, 1.54) is 17.3 Å². The molecular weight excluding hydrogens is 436 g/mol. The van der Waals surface area contributed by atoms with Crippen molar-refractivity contribution >= 4 is 23.4 Å². The number of aromatic nitrogens is 3. The van der Waals surface area contributed by atoms with Gasteiger partial charge in [-0.25, -0.2) is 0 Å². The van der Waals surface area contributed by atoms with Crippen molar-refractivity contribution < 1.29 is 13.9 Å². The van der Waals surface area contributed by atoms with Crippen LogP contribution in [0.2, 0.25) is 0 Å². The third kappa shape index (κ3) is 5.64. The summed E-state index contributed by atoms with van der Waals surface area (Å²) in [5.74, 6) is 2.74. The molecule has 2 heterocycles. The average Bonchev–Trinajstić information content (AvgIpc) is 3.48. The molecule has 0 bridgehead atoms. The number of amides is 1. The summed E-state index contributed by atoms with van der Waals surface area (Å²) in [6.45, 7) is 4.74. The molecule has 0 unspecified atom stereocenters. The number of anilines is 1. The summed E-state index contributed by atoms with van der Waals surface area (Å²) in [6.07, 6.45) is 1.63. The molecule has 1 amide bonds. The first-order valence-corrected chi connectivity index (χ1v) is 11.6. The SMILES string of the molecule is COc1cccc(-c2nnc(SCC(=O)Nc3ccc(C(C)C)cc3)n2Cc2ccco2)c1. The van der Waals surface area contributed by atoms with E-state index >= 15 is 0 Å². The van der Waals surface area contributed by atoms with Crippen molar-refractivity contribution in [2.45, 2.75) is 31.5 Å². The Morgan fingerprint density at radius 2 is 1.94 bits per heavy atom. The highest BCUT2D eigenvalue weighted by Gasteiger charge is 2.17. The van der Waals surface area contributed by atoms with Gasteiger partial charge in [0.25, 0.3) is 0 Å². The van der Waals surface area contributed by atoms with Crippen LogP contribution in [0, 0.1) is 0 Å². The monoisotopic (exact) mass is 462 g/mol. The predicted molar refractivity (Wildman–Crippen MR) is 130 cm³/mol. The van der Waals surface area contributed by atoms with Gasteiger partial charge in [0.2, 0.25) is 5.91 Å². The Hall–Kier alpha value is -3.52. The van der Waals surface area contributed by atoms with Crippen LogP contribution in [0.3, 0.4) is 0 Å². The van der Waals surface area contributed by atoms with Gasteiger partial charge in [-0.3, -0.25) is 9.36 Å². The van der Waals surface area contributed by atoms with Gasteiger partial charge in [0, 0.05) is 11.3 Å². The third-order valence-electron chi connectivity index (χ3n) is 5.13. The van der Waals surface area contributed by atoms with E-state index in [1.807, 2.05) is 65.2 Å². The molecule has 4 aromatic rings. The fourth-order valence-corrected chi connectivity index (χ4v) is 4.09. The molecule has 0 radical (unpaired) electrons. The van der Waals surface area contributed by atoms with E-state index in [0.29, 0.717) is 23.4 Å². The second kappa shape index (κ2) is 10.4. The summed E-state index contributed by atoms with van der Waals surface area (Å²) in [5.41, 5.74) is 2.88. The van der Waals surface area contributed by atoms with Crippen molar-refractivity contribution in [1.29, 1.82) is 0 Å². The molecule has 8 heteroatoms. The number of methoxy groups -OCH3 is 1. The summed E-state index contributed by atoms with van der Waals surface area (Å²) in [5, 5.41) is 12.3. The summed E-state index contributed by atoms with van der Waals surface area (Å²) in [7, 11) is 1.63. The molecule has 4 rings (SSSR count). The zero-order valence-electron chi connectivity index (χ0n) is 18.8. The van der Waals surface area contributed by atoms with Crippen LogP contribution in [-0.2, 0) is 11.3 Å². The highest BCUT2D eigenvalue weighted by molar-refractivity contribution is 7.99. The van der Waals surface area contributed by atoms with Gasteiger partial charge >= 0.3 is 0 Å².